The van der Waals surface area contributed by atoms with Gasteiger partial charge in [0.15, 0.2) is 11.5 Å². The normalized spacial score (nSPS) is 19.1. The lowest BCUT2D eigenvalue weighted by atomic mass is 9.76. The number of aryl methyl sites for hydroxylation is 1. The van der Waals surface area contributed by atoms with Gasteiger partial charge in [-0.15, -0.1) is 0 Å². The summed E-state index contributed by atoms with van der Waals surface area (Å²) in [6.07, 6.45) is 7.54. The van der Waals surface area contributed by atoms with E-state index in [-0.39, 0.29) is 12.6 Å². The van der Waals surface area contributed by atoms with Gasteiger partial charge in [0.25, 0.3) is 0 Å². The number of ether oxygens (including phenoxy) is 2. The molecule has 2 aliphatic rings. The van der Waals surface area contributed by atoms with Crippen LogP contribution in [0.15, 0.2) is 89.9 Å². The van der Waals surface area contributed by atoms with E-state index in [1.165, 1.54) is 22.4 Å². The van der Waals surface area contributed by atoms with Crippen LogP contribution in [0.3, 0.4) is 0 Å². The van der Waals surface area contributed by atoms with Crippen molar-refractivity contribution in [2.75, 3.05) is 12.4 Å². The minimum absolute atomic E-state index is 0.227. The highest BCUT2D eigenvalue weighted by Crippen LogP contribution is 2.50. The molecule has 208 valence electrons. The zero-order valence-corrected chi connectivity index (χ0v) is 25.0. The zero-order chi connectivity index (χ0) is 28.5. The molecule has 3 atom stereocenters. The molecular formula is C34H29Cl3N2O2. The Bertz CT molecular complexity index is 1650. The van der Waals surface area contributed by atoms with Crippen molar-refractivity contribution in [2.24, 2.45) is 10.9 Å². The van der Waals surface area contributed by atoms with Gasteiger partial charge >= 0.3 is 0 Å². The van der Waals surface area contributed by atoms with Crippen molar-refractivity contribution in [3.05, 3.63) is 128 Å². The summed E-state index contributed by atoms with van der Waals surface area (Å²) in [7, 11) is 1.58. The molecule has 0 bridgehead atoms. The number of rotatable bonds is 7. The fourth-order valence-electron chi connectivity index (χ4n) is 5.70. The van der Waals surface area contributed by atoms with Crippen molar-refractivity contribution in [3.8, 4) is 11.5 Å². The van der Waals surface area contributed by atoms with Gasteiger partial charge in [-0.1, -0.05) is 82.9 Å². The molecule has 1 aliphatic carbocycles. The summed E-state index contributed by atoms with van der Waals surface area (Å²) in [5.74, 6) is 1.91. The van der Waals surface area contributed by atoms with Gasteiger partial charge in [-0.3, -0.25) is 4.99 Å². The van der Waals surface area contributed by atoms with Crippen molar-refractivity contribution in [1.82, 2.24) is 0 Å². The largest absolute Gasteiger partial charge is 0.493 e. The number of benzene rings is 4. The first-order valence-corrected chi connectivity index (χ1v) is 14.6. The van der Waals surface area contributed by atoms with Gasteiger partial charge in [-0.05, 0) is 78.4 Å². The number of hydrogen-bond donors (Lipinski definition) is 1. The molecule has 0 saturated carbocycles. The summed E-state index contributed by atoms with van der Waals surface area (Å²) in [6, 6.07) is 24.3. The molecule has 0 aromatic heterocycles. The highest BCUT2D eigenvalue weighted by atomic mass is 35.5. The Morgan fingerprint density at radius 2 is 1.78 bits per heavy atom. The highest BCUT2D eigenvalue weighted by Gasteiger charge is 2.37. The summed E-state index contributed by atoms with van der Waals surface area (Å²) in [4.78, 5) is 4.69. The first-order valence-electron chi connectivity index (χ1n) is 13.5. The van der Waals surface area contributed by atoms with Crippen LogP contribution in [0, 0.1) is 12.8 Å². The smallest absolute Gasteiger partial charge is 0.180 e. The Morgan fingerprint density at radius 3 is 2.56 bits per heavy atom. The molecule has 0 spiro atoms. The van der Waals surface area contributed by atoms with Gasteiger partial charge in [0.05, 0.1) is 23.9 Å². The predicted molar refractivity (Wildman–Crippen MR) is 170 cm³/mol. The van der Waals surface area contributed by atoms with Crippen molar-refractivity contribution >= 4 is 52.4 Å². The maximum absolute atomic E-state index is 6.59. The van der Waals surface area contributed by atoms with E-state index in [1.807, 2.05) is 12.1 Å². The highest BCUT2D eigenvalue weighted by molar-refractivity contribution is 6.35. The minimum atomic E-state index is 0.227. The van der Waals surface area contributed by atoms with Crippen LogP contribution < -0.4 is 14.8 Å². The van der Waals surface area contributed by atoms with Crippen molar-refractivity contribution in [2.45, 2.75) is 31.9 Å². The molecule has 0 unspecified atom stereocenters. The average molecular weight is 604 g/mol. The second-order valence-electron chi connectivity index (χ2n) is 10.5. The Hall–Kier alpha value is -3.44. The van der Waals surface area contributed by atoms with E-state index in [9.17, 15) is 0 Å². The second-order valence-corrected chi connectivity index (χ2v) is 11.7. The summed E-state index contributed by atoms with van der Waals surface area (Å²) < 4.78 is 11.5. The summed E-state index contributed by atoms with van der Waals surface area (Å²) in [5, 5.41) is 5.33. The maximum atomic E-state index is 6.59. The lowest BCUT2D eigenvalue weighted by Gasteiger charge is -2.37. The van der Waals surface area contributed by atoms with Crippen LogP contribution in [0.5, 0.6) is 11.5 Å². The number of aliphatic imine (C=N–C) groups is 1. The molecule has 1 heterocycles. The average Bonchev–Trinajstić information content (AvgIpc) is 3.47. The summed E-state index contributed by atoms with van der Waals surface area (Å²) >= 11 is 18.9. The van der Waals surface area contributed by atoms with E-state index < -0.39 is 0 Å². The predicted octanol–water partition coefficient (Wildman–Crippen LogP) is 10.1. The molecule has 7 heteroatoms. The lowest BCUT2D eigenvalue weighted by Crippen LogP contribution is -2.29. The molecule has 0 amide bonds. The van der Waals surface area contributed by atoms with E-state index in [0.29, 0.717) is 38.4 Å². The summed E-state index contributed by atoms with van der Waals surface area (Å²) in [5.41, 5.74) is 7.65. The maximum Gasteiger partial charge on any atom is 0.180 e. The Morgan fingerprint density at radius 1 is 0.951 bits per heavy atom. The van der Waals surface area contributed by atoms with Crippen LogP contribution in [0.25, 0.3) is 0 Å². The Labute approximate surface area is 255 Å². The Balaban J connectivity index is 1.17. The molecule has 1 N–H and O–H groups in total. The molecule has 1 aliphatic heterocycles. The first kappa shape index (κ1) is 27.7. The number of halogens is 3. The van der Waals surface area contributed by atoms with E-state index in [0.717, 1.165) is 23.2 Å². The summed E-state index contributed by atoms with van der Waals surface area (Å²) in [6.45, 7) is 2.38. The number of anilines is 1. The fourth-order valence-corrected chi connectivity index (χ4v) is 6.44. The molecule has 0 saturated heterocycles. The SMILES string of the molecule is COc1cc(C=Nc2ccc([C@@H]3Nc4ccc(C)cc4[C@H]4C=CC[C@H]43)cc2)cc(Cl)c1OCc1ccc(Cl)cc1Cl. The monoisotopic (exact) mass is 602 g/mol. The number of hydrogen-bond acceptors (Lipinski definition) is 4. The third-order valence-electron chi connectivity index (χ3n) is 7.77. The van der Waals surface area contributed by atoms with E-state index in [1.54, 1.807) is 31.5 Å². The van der Waals surface area contributed by atoms with Crippen LogP contribution >= 0.6 is 34.8 Å². The van der Waals surface area contributed by atoms with Gasteiger partial charge < -0.3 is 14.8 Å². The minimum Gasteiger partial charge on any atom is -0.493 e. The fraction of sp³-hybridized carbons (Fsp3) is 0.206. The van der Waals surface area contributed by atoms with Crippen LogP contribution in [-0.2, 0) is 6.61 Å². The van der Waals surface area contributed by atoms with Crippen molar-refractivity contribution in [3.63, 3.8) is 0 Å². The standard InChI is InChI=1S/C34H29Cl3N2O2/c1-20-6-13-31-28(14-20)26-4-3-5-27(26)33(39-31)22-8-11-25(12-9-22)38-18-21-15-30(37)34(32(16-21)40-2)41-19-23-7-10-24(35)17-29(23)36/h3-4,6-18,26-27,33,39H,5,19H2,1-2H3/t26-,27+,33-/m0/s1. The number of fused-ring (bicyclic) bond motifs is 3. The van der Waals surface area contributed by atoms with Gasteiger partial charge in [-0.25, -0.2) is 0 Å². The molecule has 4 aromatic rings. The third-order valence-corrected chi connectivity index (χ3v) is 8.64. The van der Waals surface area contributed by atoms with Crippen molar-refractivity contribution < 1.29 is 9.47 Å². The quantitative estimate of drug-likeness (QED) is 0.169. The van der Waals surface area contributed by atoms with Crippen molar-refractivity contribution in [1.29, 1.82) is 0 Å². The van der Waals surface area contributed by atoms with Gasteiger partial charge in [0, 0.05) is 33.4 Å². The molecule has 6 rings (SSSR count). The number of methoxy groups -OCH3 is 1. The molecule has 0 fully saturated rings. The molecule has 4 aromatic carbocycles. The topological polar surface area (TPSA) is 42.8 Å². The molecule has 0 radical (unpaired) electrons. The van der Waals surface area contributed by atoms with Crippen LogP contribution in [0.4, 0.5) is 11.4 Å². The Kier molecular flexibility index (Phi) is 7.99. The zero-order valence-electron chi connectivity index (χ0n) is 22.7. The number of allylic oxidation sites excluding steroid dienone is 2. The molecule has 41 heavy (non-hydrogen) atoms. The van der Waals surface area contributed by atoms with Crippen LogP contribution in [0.1, 0.15) is 46.2 Å². The number of nitrogens with zero attached hydrogens (tertiary/aromatic N) is 1. The molecule has 4 nitrogen and oxygen atoms in total. The lowest BCUT2D eigenvalue weighted by molar-refractivity contribution is 0.285. The van der Waals surface area contributed by atoms with E-state index in [2.05, 4.69) is 66.9 Å². The first-order chi connectivity index (χ1) is 19.9. The van der Waals surface area contributed by atoms with Crippen LogP contribution in [0.2, 0.25) is 15.1 Å². The third kappa shape index (κ3) is 5.83. The van der Waals surface area contributed by atoms with Gasteiger partial charge in [-0.2, -0.15) is 0 Å². The van der Waals surface area contributed by atoms with Gasteiger partial charge in [0.1, 0.15) is 6.61 Å². The van der Waals surface area contributed by atoms with Crippen LogP contribution in [-0.4, -0.2) is 13.3 Å². The van der Waals surface area contributed by atoms with Gasteiger partial charge in [0.2, 0.25) is 0 Å². The number of nitrogens with one attached hydrogen (secondary N) is 1. The van der Waals surface area contributed by atoms with E-state index >= 15 is 0 Å². The second kappa shape index (κ2) is 11.8. The molecular weight excluding hydrogens is 575 g/mol. The van der Waals surface area contributed by atoms with E-state index in [4.69, 9.17) is 49.3 Å².